The number of rotatable bonds is 24. The molecule has 0 bridgehead atoms. The molecule has 2 aromatic heterocycles. The van der Waals surface area contributed by atoms with Crippen LogP contribution in [0.5, 0.6) is 0 Å². The Morgan fingerprint density at radius 2 is 1.47 bits per heavy atom. The Morgan fingerprint density at radius 3 is 2.10 bits per heavy atom. The third-order valence-corrected chi connectivity index (χ3v) is 9.95. The van der Waals surface area contributed by atoms with Crippen molar-refractivity contribution in [1.82, 2.24) is 25.4 Å². The number of nitro benzene ring substituents is 1. The zero-order chi connectivity index (χ0) is 42.4. The zero-order valence-electron chi connectivity index (χ0n) is 32.6. The summed E-state index contributed by atoms with van der Waals surface area (Å²) < 4.78 is 34.2. The van der Waals surface area contributed by atoms with Crippen LogP contribution in [0.3, 0.4) is 0 Å². The number of hydrogen-bond donors (Lipinski definition) is 2. The van der Waals surface area contributed by atoms with E-state index >= 15 is 0 Å². The van der Waals surface area contributed by atoms with Gasteiger partial charge >= 0.3 is 11.7 Å². The fourth-order valence-electron chi connectivity index (χ4n) is 6.07. The second-order valence-corrected chi connectivity index (χ2v) is 14.2. The number of esters is 1. The van der Waals surface area contributed by atoms with E-state index < -0.39 is 22.3 Å². The summed E-state index contributed by atoms with van der Waals surface area (Å²) in [7, 11) is 0. The highest BCUT2D eigenvalue weighted by Gasteiger charge is 2.41. The van der Waals surface area contributed by atoms with Gasteiger partial charge in [0.2, 0.25) is 5.52 Å². The van der Waals surface area contributed by atoms with Gasteiger partial charge in [0, 0.05) is 46.8 Å². The number of nitrogens with zero attached hydrogens (tertiary/aromatic N) is 5. The molecule has 0 aliphatic rings. The normalized spacial score (nSPS) is 12.4. The molecule has 1 amide bonds. The van der Waals surface area contributed by atoms with Crippen molar-refractivity contribution < 1.29 is 42.8 Å². The van der Waals surface area contributed by atoms with Crippen LogP contribution in [0.25, 0.3) is 28.0 Å². The maximum Gasteiger partial charge on any atom is 0.331 e. The maximum absolute atomic E-state index is 14.1. The summed E-state index contributed by atoms with van der Waals surface area (Å²) >= 11 is 19.0. The van der Waals surface area contributed by atoms with E-state index in [9.17, 15) is 19.7 Å². The van der Waals surface area contributed by atoms with E-state index in [1.165, 1.54) is 6.07 Å². The molecular formula is C39H44Cl3N7O10. The molecule has 0 aliphatic heterocycles. The highest BCUT2D eigenvalue weighted by atomic mass is 35.5. The number of nitrogens with one attached hydrogen (secondary N) is 2. The van der Waals surface area contributed by atoms with Crippen LogP contribution in [0.1, 0.15) is 42.7 Å². The third-order valence-electron chi connectivity index (χ3n) is 9.16. The Labute approximate surface area is 354 Å². The summed E-state index contributed by atoms with van der Waals surface area (Å²) in [5.74, 6) is -1.16. The fourth-order valence-corrected chi connectivity index (χ4v) is 6.68. The second-order valence-electron chi connectivity index (χ2n) is 12.9. The Bertz CT molecular complexity index is 2200. The van der Waals surface area contributed by atoms with Crippen LogP contribution >= 0.6 is 34.8 Å². The first-order valence-electron chi connectivity index (χ1n) is 18.7. The number of anilines is 1. The van der Waals surface area contributed by atoms with Crippen LogP contribution in [0.4, 0.5) is 11.4 Å². The topological polar surface area (TPSA) is 204 Å². The van der Waals surface area contributed by atoms with Gasteiger partial charge < -0.3 is 34.3 Å². The van der Waals surface area contributed by atoms with E-state index in [-0.39, 0.29) is 61.7 Å². The van der Waals surface area contributed by atoms with E-state index in [1.54, 1.807) is 61.9 Å². The van der Waals surface area contributed by atoms with Gasteiger partial charge in [-0.05, 0) is 67.0 Å². The first-order chi connectivity index (χ1) is 28.5. The van der Waals surface area contributed by atoms with Crippen LogP contribution in [0, 0.1) is 17.0 Å². The van der Waals surface area contributed by atoms with Gasteiger partial charge in [0.05, 0.1) is 79.9 Å². The number of ether oxygens (including phenoxy) is 5. The molecule has 1 unspecified atom stereocenters. The molecule has 316 valence electrons. The molecule has 59 heavy (non-hydrogen) atoms. The Balaban J connectivity index is 1.05. The van der Waals surface area contributed by atoms with Gasteiger partial charge in [-0.1, -0.05) is 53.9 Å². The largest absolute Gasteiger partial charge is 0.464 e. The lowest BCUT2D eigenvalue weighted by molar-refractivity contribution is -0.383. The number of fused-ring (bicyclic) bond motifs is 1. The van der Waals surface area contributed by atoms with Gasteiger partial charge in [-0.15, -0.1) is 0 Å². The molecule has 3 aromatic carbocycles. The predicted molar refractivity (Wildman–Crippen MR) is 221 cm³/mol. The quantitative estimate of drug-likeness (QED) is 0.0271. The monoisotopic (exact) mass is 875 g/mol. The van der Waals surface area contributed by atoms with Crippen molar-refractivity contribution in [3.05, 3.63) is 91.0 Å². The van der Waals surface area contributed by atoms with Crippen molar-refractivity contribution in [3.8, 4) is 16.9 Å². The van der Waals surface area contributed by atoms with Gasteiger partial charge in [0.15, 0.2) is 11.2 Å². The van der Waals surface area contributed by atoms with Crippen LogP contribution in [0.15, 0.2) is 59.2 Å². The van der Waals surface area contributed by atoms with Crippen LogP contribution in [-0.4, -0.2) is 108 Å². The number of hydrogen-bond acceptors (Lipinski definition) is 14. The number of benzene rings is 3. The zero-order valence-corrected chi connectivity index (χ0v) is 34.9. The van der Waals surface area contributed by atoms with Crippen LogP contribution < -0.4 is 10.6 Å². The number of nitro groups is 1. The van der Waals surface area contributed by atoms with Crippen LogP contribution in [0.2, 0.25) is 15.1 Å². The lowest BCUT2D eigenvalue weighted by Gasteiger charge is -2.31. The minimum absolute atomic E-state index is 0.0703. The highest BCUT2D eigenvalue weighted by Crippen LogP contribution is 2.34. The van der Waals surface area contributed by atoms with Crippen molar-refractivity contribution in [1.29, 1.82) is 0 Å². The first kappa shape index (κ1) is 45.2. The van der Waals surface area contributed by atoms with E-state index in [1.807, 2.05) is 12.1 Å². The lowest BCUT2D eigenvalue weighted by atomic mass is 9.91. The minimum Gasteiger partial charge on any atom is -0.464 e. The minimum atomic E-state index is -1.40. The smallest absolute Gasteiger partial charge is 0.331 e. The van der Waals surface area contributed by atoms with E-state index in [4.69, 9.17) is 63.6 Å². The average Bonchev–Trinajstić information content (AvgIpc) is 3.84. The van der Waals surface area contributed by atoms with Gasteiger partial charge in [-0.3, -0.25) is 14.9 Å². The van der Waals surface area contributed by atoms with Gasteiger partial charge in [-0.25, -0.2) is 14.1 Å². The molecule has 1 atom stereocenters. The number of amides is 1. The summed E-state index contributed by atoms with van der Waals surface area (Å²) in [6.45, 7) is 8.19. The van der Waals surface area contributed by atoms with Crippen molar-refractivity contribution in [2.45, 2.75) is 39.2 Å². The van der Waals surface area contributed by atoms with Gasteiger partial charge in [0.1, 0.15) is 5.54 Å². The number of carbonyl (C=O) groups excluding carboxylic acids is 2. The van der Waals surface area contributed by atoms with Crippen molar-refractivity contribution in [3.63, 3.8) is 0 Å². The van der Waals surface area contributed by atoms with E-state index in [0.717, 1.165) is 5.56 Å². The number of aromatic nitrogens is 4. The Morgan fingerprint density at radius 1 is 0.847 bits per heavy atom. The average molecular weight is 877 g/mol. The Kier molecular flexibility index (Phi) is 16.8. The standard InChI is InChI=1S/C39H44Cl3N7O10/c1-4-39(38(51)58-5-2,44-37(50)33-25(3)36(26-6-8-27(40)9-7-26)48(45-33)31-12-10-28(41)24-29(31)42)14-16-54-18-20-56-22-23-57-21-19-55-17-15-43-30-11-13-32(49(52)53)35-34(30)46-59-47-35/h6-13,24,43H,4-5,14-23H2,1-3H3,(H,44,50). The summed E-state index contributed by atoms with van der Waals surface area (Å²) in [5.41, 5.74) is 1.79. The molecular weight excluding hydrogens is 833 g/mol. The molecule has 2 heterocycles. The highest BCUT2D eigenvalue weighted by molar-refractivity contribution is 6.35. The van der Waals surface area contributed by atoms with Gasteiger partial charge in [0.25, 0.3) is 5.91 Å². The molecule has 0 saturated heterocycles. The summed E-state index contributed by atoms with van der Waals surface area (Å²) in [4.78, 5) is 38.1. The first-order valence-corrected chi connectivity index (χ1v) is 19.9. The predicted octanol–water partition coefficient (Wildman–Crippen LogP) is 7.26. The van der Waals surface area contributed by atoms with Crippen molar-refractivity contribution >= 4 is 69.1 Å². The lowest BCUT2D eigenvalue weighted by Crippen LogP contribution is -2.55. The van der Waals surface area contributed by atoms with E-state index in [2.05, 4.69) is 25.6 Å². The maximum atomic E-state index is 14.1. The van der Waals surface area contributed by atoms with E-state index in [0.29, 0.717) is 77.3 Å². The number of non-ortho nitro benzene ring substituents is 1. The molecule has 0 radical (unpaired) electrons. The molecule has 5 rings (SSSR count). The molecule has 0 fully saturated rings. The van der Waals surface area contributed by atoms with Crippen molar-refractivity contribution in [2.24, 2.45) is 0 Å². The molecule has 17 nitrogen and oxygen atoms in total. The molecule has 0 spiro atoms. The molecule has 2 N–H and O–H groups in total. The molecule has 0 saturated carbocycles. The SMILES string of the molecule is CCOC(=O)C(CC)(CCOCCOCCOCCOCCNc1ccc([N+](=O)[O-])c2nonc12)NC(=O)c1nn(-c2ccc(Cl)cc2Cl)c(-c2ccc(Cl)cc2)c1C. The molecule has 5 aromatic rings. The Hall–Kier alpha value is -4.88. The van der Waals surface area contributed by atoms with Gasteiger partial charge in [-0.2, -0.15) is 5.10 Å². The molecule has 0 aliphatic carbocycles. The van der Waals surface area contributed by atoms with Crippen molar-refractivity contribution in [2.75, 3.05) is 71.3 Å². The molecule has 20 heteroatoms. The summed E-state index contributed by atoms with van der Waals surface area (Å²) in [6, 6.07) is 15.0. The summed E-state index contributed by atoms with van der Waals surface area (Å²) in [6.07, 6.45) is 0.362. The number of carbonyl (C=O) groups is 2. The third kappa shape index (κ3) is 11.7. The fraction of sp³-hybridized carbons (Fsp3) is 0.410. The van der Waals surface area contributed by atoms with Crippen LogP contribution in [-0.2, 0) is 28.5 Å². The summed E-state index contributed by atoms with van der Waals surface area (Å²) in [5, 5.41) is 30.5. The second kappa shape index (κ2) is 21.9. The number of halogens is 3.